The van der Waals surface area contributed by atoms with Crippen molar-refractivity contribution in [2.24, 2.45) is 11.8 Å². The molecule has 3 saturated heterocycles. The topological polar surface area (TPSA) is 73.0 Å². The van der Waals surface area contributed by atoms with Gasteiger partial charge < -0.3 is 15.1 Å². The maximum absolute atomic E-state index is 13.4. The summed E-state index contributed by atoms with van der Waals surface area (Å²) in [5.74, 6) is 0.984. The van der Waals surface area contributed by atoms with Gasteiger partial charge in [-0.15, -0.1) is 0 Å². The van der Waals surface area contributed by atoms with Crippen LogP contribution in [0.15, 0.2) is 23.1 Å². The van der Waals surface area contributed by atoms with Gasteiger partial charge in [0.1, 0.15) is 0 Å². The van der Waals surface area contributed by atoms with Crippen LogP contribution < -0.4 is 10.2 Å². The Morgan fingerprint density at radius 1 is 1.11 bits per heavy atom. The van der Waals surface area contributed by atoms with Crippen molar-refractivity contribution in [3.05, 3.63) is 23.8 Å². The van der Waals surface area contributed by atoms with Crippen molar-refractivity contribution in [1.29, 1.82) is 0 Å². The van der Waals surface area contributed by atoms with E-state index in [-0.39, 0.29) is 10.8 Å². The molecule has 0 saturated carbocycles. The fourth-order valence-corrected chi connectivity index (χ4v) is 5.41. The molecule has 1 aromatic carbocycles. The molecule has 3 fully saturated rings. The van der Waals surface area contributed by atoms with Gasteiger partial charge in [0.05, 0.1) is 10.5 Å². The van der Waals surface area contributed by atoms with Crippen LogP contribution >= 0.6 is 0 Å². The number of rotatable bonds is 4. The number of benzene rings is 1. The van der Waals surface area contributed by atoms with Gasteiger partial charge in [0.2, 0.25) is 10.0 Å². The number of fused-ring (bicyclic) bond motifs is 1. The second-order valence-corrected chi connectivity index (χ2v) is 10.2. The van der Waals surface area contributed by atoms with Gasteiger partial charge in [0.25, 0.3) is 5.91 Å². The van der Waals surface area contributed by atoms with Crippen LogP contribution in [0.5, 0.6) is 0 Å². The van der Waals surface area contributed by atoms with Crippen LogP contribution in [0.2, 0.25) is 0 Å². The Morgan fingerprint density at radius 2 is 1.74 bits per heavy atom. The van der Waals surface area contributed by atoms with Gasteiger partial charge in [-0.25, -0.2) is 12.7 Å². The maximum atomic E-state index is 13.4. The summed E-state index contributed by atoms with van der Waals surface area (Å²) in [6, 6.07) is 5.02. The van der Waals surface area contributed by atoms with E-state index in [0.29, 0.717) is 17.4 Å². The lowest BCUT2D eigenvalue weighted by atomic mass is 10.0. The molecule has 1 amide bonds. The number of sulfonamides is 1. The normalized spacial score (nSPS) is 25.4. The summed E-state index contributed by atoms with van der Waals surface area (Å²) in [4.78, 5) is 17.7. The third-order valence-corrected chi connectivity index (χ3v) is 7.91. The summed E-state index contributed by atoms with van der Waals surface area (Å²) in [6.45, 7) is 5.25. The summed E-state index contributed by atoms with van der Waals surface area (Å²) < 4.78 is 26.4. The first-order chi connectivity index (χ1) is 12.9. The third kappa shape index (κ3) is 3.34. The summed E-state index contributed by atoms with van der Waals surface area (Å²) >= 11 is 0. The molecule has 0 radical (unpaired) electrons. The van der Waals surface area contributed by atoms with Gasteiger partial charge >= 0.3 is 0 Å². The largest absolute Gasteiger partial charge is 0.371 e. The Morgan fingerprint density at radius 3 is 2.33 bits per heavy atom. The Balaban J connectivity index is 1.70. The quantitative estimate of drug-likeness (QED) is 0.822. The third-order valence-electron chi connectivity index (χ3n) is 6.10. The summed E-state index contributed by atoms with van der Waals surface area (Å²) in [6.07, 6.45) is 2.20. The molecule has 0 bridgehead atoms. The van der Waals surface area contributed by atoms with E-state index >= 15 is 0 Å². The highest BCUT2D eigenvalue weighted by Crippen LogP contribution is 2.32. The first-order valence-electron chi connectivity index (χ1n) is 9.69. The fraction of sp³-hybridized carbons (Fsp3) is 0.632. The van der Waals surface area contributed by atoms with E-state index < -0.39 is 10.0 Å². The highest BCUT2D eigenvalue weighted by atomic mass is 32.2. The second-order valence-electron chi connectivity index (χ2n) is 8.05. The molecule has 0 aliphatic carbocycles. The fourth-order valence-electron chi connectivity index (χ4n) is 4.48. The Hall–Kier alpha value is -1.64. The lowest BCUT2D eigenvalue weighted by molar-refractivity contribution is 0.0782. The van der Waals surface area contributed by atoms with Gasteiger partial charge in [-0.1, -0.05) is 0 Å². The molecule has 3 heterocycles. The van der Waals surface area contributed by atoms with E-state index in [4.69, 9.17) is 0 Å². The van der Waals surface area contributed by atoms with Crippen LogP contribution in [-0.4, -0.2) is 76.9 Å². The lowest BCUT2D eigenvalue weighted by Gasteiger charge is -2.25. The number of nitrogens with one attached hydrogen (secondary N) is 1. The summed E-state index contributed by atoms with van der Waals surface area (Å²) in [5, 5.41) is 3.39. The smallest absolute Gasteiger partial charge is 0.256 e. The molecular formula is C19H28N4O3S. The van der Waals surface area contributed by atoms with Crippen LogP contribution in [0.25, 0.3) is 0 Å². The second kappa shape index (κ2) is 7.07. The van der Waals surface area contributed by atoms with Crippen molar-refractivity contribution in [3.8, 4) is 0 Å². The monoisotopic (exact) mass is 392 g/mol. The highest BCUT2D eigenvalue weighted by molar-refractivity contribution is 7.89. The van der Waals surface area contributed by atoms with E-state index in [2.05, 4.69) is 10.2 Å². The number of carbonyl (C=O) groups is 1. The Bertz CT molecular complexity index is 821. The number of hydrogen-bond donors (Lipinski definition) is 1. The van der Waals surface area contributed by atoms with E-state index in [1.807, 2.05) is 11.0 Å². The molecule has 27 heavy (non-hydrogen) atoms. The predicted molar refractivity (Wildman–Crippen MR) is 105 cm³/mol. The van der Waals surface area contributed by atoms with Gasteiger partial charge in [-0.3, -0.25) is 4.79 Å². The molecule has 1 N–H and O–H groups in total. The van der Waals surface area contributed by atoms with E-state index in [9.17, 15) is 13.2 Å². The van der Waals surface area contributed by atoms with Gasteiger partial charge in [0.15, 0.2) is 0 Å². The van der Waals surface area contributed by atoms with Crippen LogP contribution in [0.4, 0.5) is 5.69 Å². The minimum Gasteiger partial charge on any atom is -0.371 e. The average Bonchev–Trinajstić information content (AvgIpc) is 3.37. The molecule has 0 unspecified atom stereocenters. The number of likely N-dealkylation sites (tertiary alicyclic amines) is 1. The van der Waals surface area contributed by atoms with Crippen LogP contribution in [0, 0.1) is 11.8 Å². The molecular weight excluding hydrogens is 364 g/mol. The van der Waals surface area contributed by atoms with E-state index in [0.717, 1.165) is 57.8 Å². The van der Waals surface area contributed by atoms with Crippen LogP contribution in [0.3, 0.4) is 0 Å². The molecule has 148 valence electrons. The zero-order valence-electron chi connectivity index (χ0n) is 16.0. The van der Waals surface area contributed by atoms with Crippen molar-refractivity contribution in [2.75, 3.05) is 58.3 Å². The average molecular weight is 393 g/mol. The first-order valence-corrected chi connectivity index (χ1v) is 11.1. The number of hydrogen-bond acceptors (Lipinski definition) is 5. The van der Waals surface area contributed by atoms with Crippen LogP contribution in [0.1, 0.15) is 23.2 Å². The molecule has 3 aliphatic rings. The predicted octanol–water partition coefficient (Wildman–Crippen LogP) is 0.829. The molecule has 7 nitrogen and oxygen atoms in total. The zero-order valence-corrected chi connectivity index (χ0v) is 16.8. The highest BCUT2D eigenvalue weighted by Gasteiger charge is 2.39. The SMILES string of the molecule is CN(C)S(=O)(=O)c1ccc(N2CCCC2)c(C(=O)N2C[C@H]3CNC[C@H]3C2)c1. The number of carbonyl (C=O) groups excluding carboxylic acids is 1. The zero-order chi connectivity index (χ0) is 19.2. The molecule has 3 aliphatic heterocycles. The van der Waals surface area contributed by atoms with Gasteiger partial charge in [-0.05, 0) is 42.9 Å². The van der Waals surface area contributed by atoms with Crippen molar-refractivity contribution >= 4 is 21.6 Å². The van der Waals surface area contributed by atoms with Gasteiger partial charge in [-0.2, -0.15) is 0 Å². The van der Waals surface area contributed by atoms with Crippen molar-refractivity contribution < 1.29 is 13.2 Å². The standard InChI is InChI=1S/C19H28N4O3S/c1-21(2)27(25,26)16-5-6-18(22-7-3-4-8-22)17(9-16)19(24)23-12-14-10-20-11-15(14)13-23/h5-6,9,14-15,20H,3-4,7-8,10-13H2,1-2H3/t14-,15+. The Kier molecular flexibility index (Phi) is 4.90. The van der Waals surface area contributed by atoms with E-state index in [1.165, 1.54) is 18.4 Å². The summed E-state index contributed by atoms with van der Waals surface area (Å²) in [5.41, 5.74) is 1.39. The molecule has 4 rings (SSSR count). The van der Waals surface area contributed by atoms with Gasteiger partial charge in [0, 0.05) is 59.1 Å². The number of anilines is 1. The minimum absolute atomic E-state index is 0.0397. The first kappa shape index (κ1) is 18.7. The maximum Gasteiger partial charge on any atom is 0.256 e. The molecule has 1 aromatic rings. The van der Waals surface area contributed by atoms with E-state index in [1.54, 1.807) is 12.1 Å². The van der Waals surface area contributed by atoms with Crippen molar-refractivity contribution in [1.82, 2.24) is 14.5 Å². The summed E-state index contributed by atoms with van der Waals surface area (Å²) in [7, 11) is -0.550. The number of nitrogens with zero attached hydrogens (tertiary/aromatic N) is 3. The van der Waals surface area contributed by atoms with Crippen molar-refractivity contribution in [2.45, 2.75) is 17.7 Å². The molecule has 8 heteroatoms. The molecule has 0 aromatic heterocycles. The Labute approximate surface area is 161 Å². The minimum atomic E-state index is -3.58. The molecule has 0 spiro atoms. The van der Waals surface area contributed by atoms with Crippen molar-refractivity contribution in [3.63, 3.8) is 0 Å². The lowest BCUT2D eigenvalue weighted by Crippen LogP contribution is -2.33. The van der Waals surface area contributed by atoms with Crippen LogP contribution in [-0.2, 0) is 10.0 Å². The molecule has 2 atom stereocenters. The number of amides is 1.